The maximum Gasteiger partial charge on any atom is 0.333 e. The number of aliphatic hydroxyl groups is 1. The third-order valence-corrected chi connectivity index (χ3v) is 3.71. The molecule has 0 aromatic carbocycles. The summed E-state index contributed by atoms with van der Waals surface area (Å²) in [6.07, 6.45) is -1.29. The predicted molar refractivity (Wildman–Crippen MR) is 60.6 cm³/mol. The Balaban J connectivity index is 5.42. The number of rotatable bonds is 5. The summed E-state index contributed by atoms with van der Waals surface area (Å²) in [5.74, 6) is -0.734. The fourth-order valence-corrected chi connectivity index (χ4v) is 3.16. The molecule has 0 heterocycles. The minimum atomic E-state index is -1.29. The molecular formula is C12H24O3. The zero-order valence-corrected chi connectivity index (χ0v) is 10.6. The molecule has 0 aliphatic carbocycles. The van der Waals surface area contributed by atoms with E-state index in [1.165, 1.54) is 0 Å². The summed E-state index contributed by atoms with van der Waals surface area (Å²) in [5.41, 5.74) is -0.564. The van der Waals surface area contributed by atoms with E-state index in [1.54, 1.807) is 0 Å². The summed E-state index contributed by atoms with van der Waals surface area (Å²) in [7, 11) is 0. The molecule has 0 bridgehead atoms. The van der Waals surface area contributed by atoms with Gasteiger partial charge in [-0.3, -0.25) is 0 Å². The molecule has 15 heavy (non-hydrogen) atoms. The van der Waals surface area contributed by atoms with Crippen molar-refractivity contribution in [3.63, 3.8) is 0 Å². The maximum absolute atomic E-state index is 11.0. The lowest BCUT2D eigenvalue weighted by Crippen LogP contribution is -2.51. The van der Waals surface area contributed by atoms with Gasteiger partial charge in [0.1, 0.15) is 0 Å². The number of aliphatic carboxylic acids is 1. The lowest BCUT2D eigenvalue weighted by molar-refractivity contribution is -0.166. The second-order valence-electron chi connectivity index (χ2n) is 5.20. The van der Waals surface area contributed by atoms with Gasteiger partial charge in [0.05, 0.1) is 0 Å². The standard InChI is InChI=1S/C12H24O3/c1-7(2)12(8(3)4,9(5)6)10(13)11(14)15/h7-10,13H,1-6H3,(H,14,15). The molecular weight excluding hydrogens is 192 g/mol. The topological polar surface area (TPSA) is 57.5 Å². The molecule has 0 saturated heterocycles. The molecule has 1 atom stereocenters. The summed E-state index contributed by atoms with van der Waals surface area (Å²) in [6, 6.07) is 0. The van der Waals surface area contributed by atoms with Crippen LogP contribution in [0.1, 0.15) is 41.5 Å². The van der Waals surface area contributed by atoms with Crippen LogP contribution in [0.4, 0.5) is 0 Å². The number of carboxylic acids is 1. The third-order valence-electron chi connectivity index (χ3n) is 3.71. The van der Waals surface area contributed by atoms with Crippen LogP contribution in [0.2, 0.25) is 0 Å². The quantitative estimate of drug-likeness (QED) is 0.742. The van der Waals surface area contributed by atoms with Crippen LogP contribution in [-0.2, 0) is 4.79 Å². The van der Waals surface area contributed by atoms with Crippen LogP contribution in [0.3, 0.4) is 0 Å². The number of hydrogen-bond donors (Lipinski definition) is 2. The largest absolute Gasteiger partial charge is 0.479 e. The van der Waals surface area contributed by atoms with Crippen LogP contribution < -0.4 is 0 Å². The van der Waals surface area contributed by atoms with Crippen molar-refractivity contribution < 1.29 is 15.0 Å². The number of carbonyl (C=O) groups is 1. The van der Waals surface area contributed by atoms with Crippen molar-refractivity contribution in [2.45, 2.75) is 47.6 Å². The van der Waals surface area contributed by atoms with Crippen LogP contribution in [0.15, 0.2) is 0 Å². The highest BCUT2D eigenvalue weighted by atomic mass is 16.4. The molecule has 0 aliphatic heterocycles. The van der Waals surface area contributed by atoms with Crippen molar-refractivity contribution in [1.29, 1.82) is 0 Å². The first-order chi connectivity index (χ1) is 6.68. The van der Waals surface area contributed by atoms with Crippen LogP contribution in [0, 0.1) is 23.2 Å². The Kier molecular flexibility index (Phi) is 4.78. The van der Waals surface area contributed by atoms with Gasteiger partial charge in [-0.15, -0.1) is 0 Å². The van der Waals surface area contributed by atoms with Crippen LogP contribution in [0.25, 0.3) is 0 Å². The van der Waals surface area contributed by atoms with E-state index in [2.05, 4.69) is 0 Å². The van der Waals surface area contributed by atoms with Crippen molar-refractivity contribution in [3.05, 3.63) is 0 Å². The highest BCUT2D eigenvalue weighted by Crippen LogP contribution is 2.45. The minimum Gasteiger partial charge on any atom is -0.479 e. The van der Waals surface area contributed by atoms with Crippen LogP contribution >= 0.6 is 0 Å². The Bertz CT molecular complexity index is 197. The van der Waals surface area contributed by atoms with Crippen molar-refractivity contribution >= 4 is 5.97 Å². The van der Waals surface area contributed by atoms with Crippen LogP contribution in [-0.4, -0.2) is 22.3 Å². The Hall–Kier alpha value is -0.570. The molecule has 0 aromatic rings. The van der Waals surface area contributed by atoms with E-state index in [0.29, 0.717) is 0 Å². The van der Waals surface area contributed by atoms with Gasteiger partial charge in [-0.25, -0.2) is 4.79 Å². The third kappa shape index (κ3) is 2.33. The molecule has 1 unspecified atom stereocenters. The Morgan fingerprint density at radius 3 is 1.27 bits per heavy atom. The first-order valence-corrected chi connectivity index (χ1v) is 5.59. The first-order valence-electron chi connectivity index (χ1n) is 5.59. The van der Waals surface area contributed by atoms with Gasteiger partial charge in [0.25, 0.3) is 0 Å². The van der Waals surface area contributed by atoms with Gasteiger partial charge in [-0.2, -0.15) is 0 Å². The molecule has 0 aliphatic rings. The van der Waals surface area contributed by atoms with E-state index in [4.69, 9.17) is 5.11 Å². The molecule has 0 rings (SSSR count). The molecule has 3 heteroatoms. The Morgan fingerprint density at radius 2 is 1.20 bits per heavy atom. The summed E-state index contributed by atoms with van der Waals surface area (Å²) < 4.78 is 0. The zero-order chi connectivity index (χ0) is 12.4. The average Bonchev–Trinajstić information content (AvgIpc) is 2.02. The van der Waals surface area contributed by atoms with Gasteiger partial charge in [-0.05, 0) is 17.8 Å². The molecule has 0 fully saturated rings. The van der Waals surface area contributed by atoms with E-state index in [9.17, 15) is 9.90 Å². The zero-order valence-electron chi connectivity index (χ0n) is 10.6. The minimum absolute atomic E-state index is 0.128. The van der Waals surface area contributed by atoms with E-state index in [1.807, 2.05) is 41.5 Å². The molecule has 0 saturated carbocycles. The van der Waals surface area contributed by atoms with Gasteiger partial charge in [0.2, 0.25) is 0 Å². The summed E-state index contributed by atoms with van der Waals surface area (Å²) in [6.45, 7) is 11.9. The van der Waals surface area contributed by atoms with Crippen molar-refractivity contribution in [3.8, 4) is 0 Å². The highest BCUT2D eigenvalue weighted by molar-refractivity contribution is 5.73. The molecule has 0 amide bonds. The second-order valence-corrected chi connectivity index (χ2v) is 5.20. The SMILES string of the molecule is CC(C)C(C(C)C)(C(C)C)C(O)C(=O)O. The van der Waals surface area contributed by atoms with Gasteiger partial charge >= 0.3 is 5.97 Å². The maximum atomic E-state index is 11.0. The molecule has 2 N–H and O–H groups in total. The molecule has 3 nitrogen and oxygen atoms in total. The van der Waals surface area contributed by atoms with Crippen molar-refractivity contribution in [1.82, 2.24) is 0 Å². The van der Waals surface area contributed by atoms with E-state index >= 15 is 0 Å². The van der Waals surface area contributed by atoms with Gasteiger partial charge < -0.3 is 10.2 Å². The van der Waals surface area contributed by atoms with E-state index in [-0.39, 0.29) is 17.8 Å². The number of carboxylic acid groups (broad SMARTS) is 1. The fraction of sp³-hybridized carbons (Fsp3) is 0.917. The van der Waals surface area contributed by atoms with Gasteiger partial charge in [0, 0.05) is 5.41 Å². The van der Waals surface area contributed by atoms with Gasteiger partial charge in [0.15, 0.2) is 6.10 Å². The average molecular weight is 216 g/mol. The lowest BCUT2D eigenvalue weighted by Gasteiger charge is -2.47. The van der Waals surface area contributed by atoms with Crippen molar-refractivity contribution in [2.24, 2.45) is 23.2 Å². The molecule has 0 aromatic heterocycles. The molecule has 0 radical (unpaired) electrons. The summed E-state index contributed by atoms with van der Waals surface area (Å²) in [5, 5.41) is 19.0. The fourth-order valence-electron chi connectivity index (χ4n) is 3.16. The van der Waals surface area contributed by atoms with E-state index in [0.717, 1.165) is 0 Å². The Morgan fingerprint density at radius 1 is 0.933 bits per heavy atom. The predicted octanol–water partition coefficient (Wildman–Crippen LogP) is 2.39. The van der Waals surface area contributed by atoms with Crippen LogP contribution in [0.5, 0.6) is 0 Å². The second kappa shape index (κ2) is 4.97. The number of aliphatic hydroxyl groups excluding tert-OH is 1. The summed E-state index contributed by atoms with van der Waals surface area (Å²) in [4.78, 5) is 11.0. The smallest absolute Gasteiger partial charge is 0.333 e. The normalized spacial score (nSPS) is 15.1. The summed E-state index contributed by atoms with van der Waals surface area (Å²) >= 11 is 0. The highest BCUT2D eigenvalue weighted by Gasteiger charge is 2.49. The monoisotopic (exact) mass is 216 g/mol. The number of hydrogen-bond acceptors (Lipinski definition) is 2. The molecule has 0 spiro atoms. The molecule has 90 valence electrons. The van der Waals surface area contributed by atoms with Crippen molar-refractivity contribution in [2.75, 3.05) is 0 Å². The van der Waals surface area contributed by atoms with E-state index < -0.39 is 17.5 Å². The first kappa shape index (κ1) is 14.4. The van der Waals surface area contributed by atoms with Gasteiger partial charge in [-0.1, -0.05) is 41.5 Å². The Labute approximate surface area is 92.5 Å². The lowest BCUT2D eigenvalue weighted by atomic mass is 9.59.